The monoisotopic (exact) mass is 536 g/mol. The minimum Gasteiger partial charge on any atom is -0.437 e. The molecule has 0 bridgehead atoms. The number of carbonyl (C=O) groups excluding carboxylic acids is 1. The lowest BCUT2D eigenvalue weighted by Crippen LogP contribution is -2.21. The summed E-state index contributed by atoms with van der Waals surface area (Å²) >= 11 is 0. The Kier molecular flexibility index (Phi) is 6.37. The summed E-state index contributed by atoms with van der Waals surface area (Å²) in [6.45, 7) is 8.20. The first-order valence-corrected chi connectivity index (χ1v) is 13.4. The molecule has 0 saturated heterocycles. The van der Waals surface area contributed by atoms with E-state index < -0.39 is 0 Å². The van der Waals surface area contributed by atoms with E-state index in [1.165, 1.54) is 0 Å². The third kappa shape index (κ3) is 5.47. The first kappa shape index (κ1) is 25.4. The largest absolute Gasteiger partial charge is 0.437 e. The minimum absolute atomic E-state index is 0.175. The number of fused-ring (bicyclic) bond motifs is 1. The Morgan fingerprint density at radius 2 is 1.85 bits per heavy atom. The SMILES string of the molecule is Cc1cc(NC(=O)Nc2cc(C(C)(C)C)nn2-c2ccccc2)ccc1Oc1cn2ccnc2c(NC2CC2)n1. The lowest BCUT2D eigenvalue weighted by molar-refractivity contribution is 0.262. The second kappa shape index (κ2) is 10.0. The Morgan fingerprint density at radius 1 is 1.05 bits per heavy atom. The molecular formula is C30H32N8O2. The maximum Gasteiger partial charge on any atom is 0.324 e. The molecule has 0 atom stereocenters. The zero-order chi connectivity index (χ0) is 27.9. The third-order valence-corrected chi connectivity index (χ3v) is 6.64. The number of benzene rings is 2. The van der Waals surface area contributed by atoms with Crippen LogP contribution in [0.5, 0.6) is 11.6 Å². The molecule has 1 aliphatic carbocycles. The van der Waals surface area contributed by atoms with E-state index >= 15 is 0 Å². The number of para-hydroxylation sites is 1. The molecule has 10 heteroatoms. The van der Waals surface area contributed by atoms with Gasteiger partial charge in [-0.05, 0) is 55.7 Å². The fourth-order valence-electron chi connectivity index (χ4n) is 4.31. The summed E-state index contributed by atoms with van der Waals surface area (Å²) < 4.78 is 9.79. The summed E-state index contributed by atoms with van der Waals surface area (Å²) in [5.41, 5.74) is 3.83. The van der Waals surface area contributed by atoms with E-state index in [1.807, 2.05) is 66.1 Å². The second-order valence-corrected chi connectivity index (χ2v) is 11.1. The van der Waals surface area contributed by atoms with Crippen LogP contribution in [0.1, 0.15) is 44.9 Å². The molecule has 2 aromatic carbocycles. The lowest BCUT2D eigenvalue weighted by Gasteiger charge is -2.14. The van der Waals surface area contributed by atoms with Gasteiger partial charge in [-0.15, -0.1) is 0 Å². The van der Waals surface area contributed by atoms with Crippen molar-refractivity contribution in [2.45, 2.75) is 52.0 Å². The van der Waals surface area contributed by atoms with E-state index in [4.69, 9.17) is 9.84 Å². The highest BCUT2D eigenvalue weighted by atomic mass is 16.5. The van der Waals surface area contributed by atoms with Crippen LogP contribution in [0.25, 0.3) is 11.3 Å². The number of carbonyl (C=O) groups is 1. The number of aromatic nitrogens is 5. The molecule has 3 heterocycles. The van der Waals surface area contributed by atoms with Gasteiger partial charge in [-0.25, -0.2) is 14.5 Å². The molecule has 2 amide bonds. The van der Waals surface area contributed by atoms with Crippen LogP contribution >= 0.6 is 0 Å². The maximum atomic E-state index is 13.0. The van der Waals surface area contributed by atoms with Gasteiger partial charge in [0.2, 0.25) is 5.88 Å². The molecule has 0 aliphatic heterocycles. The molecule has 0 unspecified atom stereocenters. The van der Waals surface area contributed by atoms with E-state index in [0.29, 0.717) is 35.0 Å². The molecule has 3 aromatic heterocycles. The van der Waals surface area contributed by atoms with Crippen molar-refractivity contribution in [1.82, 2.24) is 24.1 Å². The smallest absolute Gasteiger partial charge is 0.324 e. The third-order valence-electron chi connectivity index (χ3n) is 6.64. The normalized spacial score (nSPS) is 13.3. The van der Waals surface area contributed by atoms with Gasteiger partial charge < -0.3 is 15.4 Å². The molecule has 204 valence electrons. The number of nitrogens with zero attached hydrogens (tertiary/aromatic N) is 5. The summed E-state index contributed by atoms with van der Waals surface area (Å²) in [5, 5.41) is 14.1. The summed E-state index contributed by atoms with van der Waals surface area (Å²) in [6, 6.07) is 17.2. The average Bonchev–Trinajstić information content (AvgIpc) is 3.41. The molecule has 1 fully saturated rings. The molecule has 5 aromatic rings. The van der Waals surface area contributed by atoms with Gasteiger partial charge in [-0.1, -0.05) is 39.0 Å². The number of ether oxygens (including phenoxy) is 1. The maximum absolute atomic E-state index is 13.0. The number of hydrogen-bond acceptors (Lipinski definition) is 6. The van der Waals surface area contributed by atoms with Crippen LogP contribution in [0.3, 0.4) is 0 Å². The van der Waals surface area contributed by atoms with Gasteiger partial charge in [-0.2, -0.15) is 10.1 Å². The predicted octanol–water partition coefficient (Wildman–Crippen LogP) is 6.53. The lowest BCUT2D eigenvalue weighted by atomic mass is 9.92. The van der Waals surface area contributed by atoms with E-state index in [9.17, 15) is 4.79 Å². The van der Waals surface area contributed by atoms with Crippen LogP contribution in [0.4, 0.5) is 22.1 Å². The molecule has 40 heavy (non-hydrogen) atoms. The Hall–Kier alpha value is -4.86. The molecule has 10 nitrogen and oxygen atoms in total. The Bertz CT molecular complexity index is 1680. The van der Waals surface area contributed by atoms with Crippen LogP contribution in [0.15, 0.2) is 73.2 Å². The Balaban J connectivity index is 1.18. The second-order valence-electron chi connectivity index (χ2n) is 11.1. The zero-order valence-electron chi connectivity index (χ0n) is 23.0. The van der Waals surface area contributed by atoms with Crippen LogP contribution in [0.2, 0.25) is 0 Å². The van der Waals surface area contributed by atoms with E-state index in [2.05, 4.69) is 46.7 Å². The molecule has 1 aliphatic rings. The highest BCUT2D eigenvalue weighted by Gasteiger charge is 2.24. The highest BCUT2D eigenvalue weighted by Crippen LogP contribution is 2.31. The van der Waals surface area contributed by atoms with Crippen molar-refractivity contribution < 1.29 is 9.53 Å². The summed E-state index contributed by atoms with van der Waals surface area (Å²) in [4.78, 5) is 22.1. The topological polar surface area (TPSA) is 110 Å². The molecule has 6 rings (SSSR count). The van der Waals surface area contributed by atoms with Crippen molar-refractivity contribution in [1.29, 1.82) is 0 Å². The number of urea groups is 1. The summed E-state index contributed by atoms with van der Waals surface area (Å²) in [6.07, 6.45) is 7.68. The first-order valence-electron chi connectivity index (χ1n) is 13.4. The van der Waals surface area contributed by atoms with Crippen molar-refractivity contribution in [3.8, 4) is 17.3 Å². The number of hydrogen-bond donors (Lipinski definition) is 3. The Morgan fingerprint density at radius 3 is 2.58 bits per heavy atom. The standard InChI is InChI=1S/C30H32N8O2/c1-19-16-21(12-13-23(19)40-26-18-37-15-14-31-28(37)27(35-26)32-20-10-11-20)33-29(39)34-25-17-24(30(2,3)4)36-38(25)22-8-6-5-7-9-22/h5-9,12-18,20H,10-11H2,1-4H3,(H,32,35)(H2,33,34,39). The van der Waals surface area contributed by atoms with Crippen molar-refractivity contribution in [3.05, 3.63) is 84.4 Å². The molecule has 0 radical (unpaired) electrons. The van der Waals surface area contributed by atoms with Crippen LogP contribution in [0, 0.1) is 6.92 Å². The number of anilines is 3. The van der Waals surface area contributed by atoms with Crippen LogP contribution in [-0.2, 0) is 5.41 Å². The fraction of sp³-hybridized carbons (Fsp3) is 0.267. The van der Waals surface area contributed by atoms with Gasteiger partial charge in [0.15, 0.2) is 11.5 Å². The van der Waals surface area contributed by atoms with Gasteiger partial charge in [0.1, 0.15) is 11.6 Å². The average molecular weight is 537 g/mol. The number of amides is 2. The number of nitrogens with one attached hydrogen (secondary N) is 3. The number of rotatable bonds is 7. The van der Waals surface area contributed by atoms with E-state index in [-0.39, 0.29) is 11.4 Å². The van der Waals surface area contributed by atoms with Crippen LogP contribution in [-0.4, -0.2) is 36.2 Å². The number of imidazole rings is 1. The van der Waals surface area contributed by atoms with E-state index in [1.54, 1.807) is 23.1 Å². The van der Waals surface area contributed by atoms with Crippen molar-refractivity contribution in [2.75, 3.05) is 16.0 Å². The Labute approximate surface area is 232 Å². The van der Waals surface area contributed by atoms with Gasteiger partial charge in [0, 0.05) is 35.6 Å². The van der Waals surface area contributed by atoms with Crippen molar-refractivity contribution in [3.63, 3.8) is 0 Å². The predicted molar refractivity (Wildman–Crippen MR) is 156 cm³/mol. The van der Waals surface area contributed by atoms with Crippen molar-refractivity contribution in [2.24, 2.45) is 0 Å². The van der Waals surface area contributed by atoms with Gasteiger partial charge in [0.05, 0.1) is 17.6 Å². The molecule has 0 spiro atoms. The quantitative estimate of drug-likeness (QED) is 0.218. The highest BCUT2D eigenvalue weighted by molar-refractivity contribution is 5.99. The molecular weight excluding hydrogens is 504 g/mol. The van der Waals surface area contributed by atoms with Crippen molar-refractivity contribution >= 4 is 29.0 Å². The summed E-state index contributed by atoms with van der Waals surface area (Å²) in [5.74, 6) is 2.40. The summed E-state index contributed by atoms with van der Waals surface area (Å²) in [7, 11) is 0. The first-order chi connectivity index (χ1) is 19.2. The minimum atomic E-state index is -0.367. The number of aryl methyl sites for hydroxylation is 1. The molecule has 1 saturated carbocycles. The van der Waals surface area contributed by atoms with Gasteiger partial charge in [0.25, 0.3) is 0 Å². The fourth-order valence-corrected chi connectivity index (χ4v) is 4.31. The molecule has 3 N–H and O–H groups in total. The van der Waals surface area contributed by atoms with E-state index in [0.717, 1.165) is 35.4 Å². The van der Waals surface area contributed by atoms with Gasteiger partial charge in [-0.3, -0.25) is 9.72 Å². The zero-order valence-corrected chi connectivity index (χ0v) is 23.0. The van der Waals surface area contributed by atoms with Crippen LogP contribution < -0.4 is 20.7 Å². The van der Waals surface area contributed by atoms with Gasteiger partial charge >= 0.3 is 6.03 Å².